The van der Waals surface area contributed by atoms with Crippen LogP contribution in [0, 0.1) is 12.8 Å². The molecule has 7 heteroatoms. The minimum absolute atomic E-state index is 0.0204. The van der Waals surface area contributed by atoms with Gasteiger partial charge in [-0.05, 0) is 12.3 Å². The Morgan fingerprint density at radius 3 is 2.55 bits per heavy atom. The summed E-state index contributed by atoms with van der Waals surface area (Å²) >= 11 is 0. The number of nitrogens with zero attached hydrogens (tertiary/aromatic N) is 4. The molecule has 1 aliphatic heterocycles. The first-order chi connectivity index (χ1) is 9.56. The van der Waals surface area contributed by atoms with Gasteiger partial charge in [-0.15, -0.1) is 5.10 Å². The maximum Gasteiger partial charge on any atom is 0.318 e. The summed E-state index contributed by atoms with van der Waals surface area (Å²) in [6.45, 7) is 9.60. The van der Waals surface area contributed by atoms with E-state index in [1.165, 1.54) is 0 Å². The van der Waals surface area contributed by atoms with Crippen LogP contribution < -0.4 is 10.2 Å². The molecule has 1 saturated heterocycles. The van der Waals surface area contributed by atoms with Crippen molar-refractivity contribution in [3.8, 4) is 0 Å². The second-order valence-electron chi connectivity index (χ2n) is 5.49. The van der Waals surface area contributed by atoms with E-state index >= 15 is 0 Å². The summed E-state index contributed by atoms with van der Waals surface area (Å²) in [5.74, 6) is 1.17. The van der Waals surface area contributed by atoms with Gasteiger partial charge < -0.3 is 19.5 Å². The number of urea groups is 1. The minimum atomic E-state index is 0.0204. The molecule has 0 bridgehead atoms. The summed E-state index contributed by atoms with van der Waals surface area (Å²) < 4.78 is 5.39. The molecule has 7 nitrogen and oxygen atoms in total. The van der Waals surface area contributed by atoms with E-state index in [1.807, 2.05) is 9.80 Å². The van der Waals surface area contributed by atoms with Crippen LogP contribution in [0.25, 0.3) is 0 Å². The highest BCUT2D eigenvalue weighted by atomic mass is 16.4. The lowest BCUT2D eigenvalue weighted by Crippen LogP contribution is -2.52. The normalized spacial score (nSPS) is 15.8. The fourth-order valence-electron chi connectivity index (χ4n) is 2.09. The van der Waals surface area contributed by atoms with Gasteiger partial charge in [0.1, 0.15) is 0 Å². The molecule has 0 atom stereocenters. The van der Waals surface area contributed by atoms with Crippen molar-refractivity contribution in [3.63, 3.8) is 0 Å². The van der Waals surface area contributed by atoms with Crippen LogP contribution >= 0.6 is 0 Å². The van der Waals surface area contributed by atoms with Gasteiger partial charge in [0.15, 0.2) is 0 Å². The highest BCUT2D eigenvalue weighted by Crippen LogP contribution is 2.14. The van der Waals surface area contributed by atoms with Crippen LogP contribution in [-0.4, -0.2) is 53.9 Å². The standard InChI is InChI=1S/C13H23N5O2/c1-10(2)4-5-14-12(19)17-6-8-18(9-7-17)13-16-15-11(3)20-13/h10H,4-9H2,1-3H3,(H,14,19). The zero-order valence-electron chi connectivity index (χ0n) is 12.4. The summed E-state index contributed by atoms with van der Waals surface area (Å²) in [7, 11) is 0. The number of anilines is 1. The number of aromatic nitrogens is 2. The highest BCUT2D eigenvalue weighted by Gasteiger charge is 2.23. The zero-order chi connectivity index (χ0) is 14.5. The summed E-state index contributed by atoms with van der Waals surface area (Å²) in [4.78, 5) is 15.8. The van der Waals surface area contributed by atoms with Gasteiger partial charge in [-0.3, -0.25) is 0 Å². The van der Waals surface area contributed by atoms with Crippen molar-refractivity contribution in [2.24, 2.45) is 5.92 Å². The third kappa shape index (κ3) is 3.85. The summed E-state index contributed by atoms with van der Waals surface area (Å²) in [5, 5.41) is 10.8. The maximum atomic E-state index is 12.0. The van der Waals surface area contributed by atoms with E-state index in [9.17, 15) is 4.79 Å². The number of nitrogens with one attached hydrogen (secondary N) is 1. The molecule has 1 aromatic rings. The van der Waals surface area contributed by atoms with Crippen LogP contribution in [-0.2, 0) is 0 Å². The van der Waals surface area contributed by atoms with Gasteiger partial charge in [-0.2, -0.15) is 0 Å². The summed E-state index contributed by atoms with van der Waals surface area (Å²) in [6.07, 6.45) is 1.01. The zero-order valence-corrected chi connectivity index (χ0v) is 12.4. The van der Waals surface area contributed by atoms with Gasteiger partial charge in [0.2, 0.25) is 5.89 Å². The van der Waals surface area contributed by atoms with Gasteiger partial charge >= 0.3 is 12.0 Å². The first-order valence-electron chi connectivity index (χ1n) is 7.14. The number of carbonyl (C=O) groups is 1. The van der Waals surface area contributed by atoms with E-state index in [0.29, 0.717) is 30.9 Å². The van der Waals surface area contributed by atoms with Crippen LogP contribution in [0.3, 0.4) is 0 Å². The Morgan fingerprint density at radius 1 is 1.30 bits per heavy atom. The molecule has 1 aromatic heterocycles. The number of rotatable bonds is 4. The van der Waals surface area contributed by atoms with Crippen molar-refractivity contribution in [2.75, 3.05) is 37.6 Å². The molecule has 1 aliphatic rings. The Labute approximate surface area is 119 Å². The van der Waals surface area contributed by atoms with Crippen molar-refractivity contribution in [3.05, 3.63) is 5.89 Å². The highest BCUT2D eigenvalue weighted by molar-refractivity contribution is 5.74. The minimum Gasteiger partial charge on any atom is -0.408 e. The molecule has 20 heavy (non-hydrogen) atoms. The van der Waals surface area contributed by atoms with E-state index in [2.05, 4.69) is 29.4 Å². The van der Waals surface area contributed by atoms with Crippen molar-refractivity contribution >= 4 is 12.0 Å². The molecular formula is C13H23N5O2. The average Bonchev–Trinajstić information content (AvgIpc) is 2.85. The Balaban J connectivity index is 1.75. The molecule has 112 valence electrons. The molecule has 1 N–H and O–H groups in total. The topological polar surface area (TPSA) is 74.5 Å². The number of aryl methyl sites for hydroxylation is 1. The first-order valence-corrected chi connectivity index (χ1v) is 7.14. The molecule has 0 spiro atoms. The lowest BCUT2D eigenvalue weighted by molar-refractivity contribution is 0.193. The molecule has 0 aliphatic carbocycles. The van der Waals surface area contributed by atoms with Gasteiger partial charge in [0, 0.05) is 39.6 Å². The molecule has 0 radical (unpaired) electrons. The number of piperazine rings is 1. The maximum absolute atomic E-state index is 12.0. The van der Waals surface area contributed by atoms with E-state index in [0.717, 1.165) is 26.1 Å². The molecule has 2 heterocycles. The predicted molar refractivity (Wildman–Crippen MR) is 75.7 cm³/mol. The average molecular weight is 281 g/mol. The number of hydrogen-bond donors (Lipinski definition) is 1. The van der Waals surface area contributed by atoms with Crippen LogP contribution in [0.4, 0.5) is 10.8 Å². The lowest BCUT2D eigenvalue weighted by Gasteiger charge is -2.33. The van der Waals surface area contributed by atoms with Crippen LogP contribution in [0.2, 0.25) is 0 Å². The van der Waals surface area contributed by atoms with Crippen molar-refractivity contribution in [1.29, 1.82) is 0 Å². The molecule has 0 unspecified atom stereocenters. The number of amides is 2. The largest absolute Gasteiger partial charge is 0.408 e. The van der Waals surface area contributed by atoms with Gasteiger partial charge in [-0.1, -0.05) is 18.9 Å². The second-order valence-corrected chi connectivity index (χ2v) is 5.49. The predicted octanol–water partition coefficient (Wildman–Crippen LogP) is 1.26. The van der Waals surface area contributed by atoms with Crippen molar-refractivity contribution in [1.82, 2.24) is 20.4 Å². The number of carbonyl (C=O) groups excluding carboxylic acids is 1. The Morgan fingerprint density at radius 2 is 2.00 bits per heavy atom. The van der Waals surface area contributed by atoms with E-state index in [-0.39, 0.29) is 6.03 Å². The fraction of sp³-hybridized carbons (Fsp3) is 0.769. The smallest absolute Gasteiger partial charge is 0.318 e. The van der Waals surface area contributed by atoms with E-state index in [4.69, 9.17) is 4.42 Å². The number of hydrogen-bond acceptors (Lipinski definition) is 5. The van der Waals surface area contributed by atoms with Crippen LogP contribution in [0.1, 0.15) is 26.2 Å². The quantitative estimate of drug-likeness (QED) is 0.899. The summed E-state index contributed by atoms with van der Waals surface area (Å²) in [5.41, 5.74) is 0. The molecule has 2 amide bonds. The van der Waals surface area contributed by atoms with Gasteiger partial charge in [0.25, 0.3) is 0 Å². The third-order valence-electron chi connectivity index (χ3n) is 3.35. The van der Waals surface area contributed by atoms with E-state index in [1.54, 1.807) is 6.92 Å². The van der Waals surface area contributed by atoms with Crippen LogP contribution in [0.5, 0.6) is 0 Å². The fourth-order valence-corrected chi connectivity index (χ4v) is 2.09. The molecular weight excluding hydrogens is 258 g/mol. The first kappa shape index (κ1) is 14.6. The van der Waals surface area contributed by atoms with Crippen molar-refractivity contribution < 1.29 is 9.21 Å². The monoisotopic (exact) mass is 281 g/mol. The molecule has 1 fully saturated rings. The second kappa shape index (κ2) is 6.58. The lowest BCUT2D eigenvalue weighted by atomic mass is 10.1. The molecule has 0 aromatic carbocycles. The van der Waals surface area contributed by atoms with Crippen LogP contribution in [0.15, 0.2) is 4.42 Å². The Kier molecular flexibility index (Phi) is 4.81. The molecule has 0 saturated carbocycles. The van der Waals surface area contributed by atoms with Gasteiger partial charge in [-0.25, -0.2) is 4.79 Å². The van der Waals surface area contributed by atoms with Crippen molar-refractivity contribution in [2.45, 2.75) is 27.2 Å². The third-order valence-corrected chi connectivity index (χ3v) is 3.35. The molecule has 2 rings (SSSR count). The Hall–Kier alpha value is -1.79. The van der Waals surface area contributed by atoms with E-state index < -0.39 is 0 Å². The Bertz CT molecular complexity index is 438. The van der Waals surface area contributed by atoms with Gasteiger partial charge in [0.05, 0.1) is 0 Å². The summed E-state index contributed by atoms with van der Waals surface area (Å²) in [6, 6.07) is 0.564. The SMILES string of the molecule is Cc1nnc(N2CCN(C(=O)NCCC(C)C)CC2)o1.